The van der Waals surface area contributed by atoms with Crippen LogP contribution < -0.4 is 5.73 Å². The molecule has 3 fully saturated rings. The average molecular weight is 701 g/mol. The molecule has 21 nitrogen and oxygen atoms in total. The standard InChI is InChI=1S/C21H22FN11O10P2S/c22-11-14-9(40-19(11)31-6-28-12-16(23)25-5-27-18(12)31)3-39-45(37,46)43-15-10(2-38-44(35,36)42-14)41-20(13(15)34)32-7-29-33-8-1-24-4-26-17(8)30-21(32)33/h1,4-7,9-11,13-15,19-20,34H,2-3H2,(H,35,36)(H,37,46)(H2,23,25,27)/t9-,10-,11-,13-,14-,15-,19-,20-,45?/m1/s1. The molecule has 3 aliphatic heterocycles. The fraction of sp³-hybridized carbons (Fsp3) is 0.476. The lowest BCUT2D eigenvalue weighted by Gasteiger charge is -2.29. The molecule has 0 amide bonds. The van der Waals surface area contributed by atoms with Crippen LogP contribution in [0.15, 0.2) is 31.5 Å². The summed E-state index contributed by atoms with van der Waals surface area (Å²) in [5.41, 5.74) is 6.93. The van der Waals surface area contributed by atoms with Crippen LogP contribution in [-0.4, -0.2) is 113 Å². The summed E-state index contributed by atoms with van der Waals surface area (Å²) in [7, 11) is -5.04. The van der Waals surface area contributed by atoms with E-state index < -0.39 is 76.9 Å². The second-order valence-corrected chi connectivity index (χ2v) is 14.6. The predicted molar refractivity (Wildman–Crippen MR) is 151 cm³/mol. The van der Waals surface area contributed by atoms with Gasteiger partial charge in [-0.2, -0.15) is 14.6 Å². The molecular weight excluding hydrogens is 679 g/mol. The third-order valence-electron chi connectivity index (χ3n) is 7.64. The number of phosphoric acid groups is 1. The maximum absolute atomic E-state index is 15.9. The molecule has 8 heterocycles. The van der Waals surface area contributed by atoms with Gasteiger partial charge in [-0.05, 0) is 11.8 Å². The van der Waals surface area contributed by atoms with E-state index >= 15 is 4.39 Å². The number of rotatable bonds is 2. The van der Waals surface area contributed by atoms with Crippen molar-refractivity contribution < 1.29 is 51.4 Å². The van der Waals surface area contributed by atoms with Crippen LogP contribution in [0.25, 0.3) is 28.1 Å². The maximum atomic E-state index is 15.9. The summed E-state index contributed by atoms with van der Waals surface area (Å²) in [6.07, 6.45) is -5.86. The van der Waals surface area contributed by atoms with Gasteiger partial charge in [-0.25, -0.2) is 33.9 Å². The third-order valence-corrected chi connectivity index (χ3v) is 10.2. The highest BCUT2D eigenvalue weighted by Crippen LogP contribution is 2.54. The van der Waals surface area contributed by atoms with Crippen molar-refractivity contribution in [1.82, 2.24) is 48.7 Å². The number of hydrogen-bond acceptors (Lipinski definition) is 17. The zero-order valence-electron chi connectivity index (χ0n) is 22.8. The Morgan fingerprint density at radius 1 is 0.978 bits per heavy atom. The van der Waals surface area contributed by atoms with Gasteiger partial charge < -0.3 is 34.6 Å². The van der Waals surface area contributed by atoms with Gasteiger partial charge in [-0.15, -0.1) is 0 Å². The van der Waals surface area contributed by atoms with Crippen LogP contribution >= 0.6 is 14.5 Å². The average Bonchev–Trinajstić information content (AvgIpc) is 3.82. The highest BCUT2D eigenvalue weighted by Gasteiger charge is 2.54. The van der Waals surface area contributed by atoms with E-state index in [9.17, 15) is 19.5 Å². The number of aliphatic hydroxyl groups is 1. The minimum atomic E-state index is -5.04. The first-order valence-corrected chi connectivity index (χ1v) is 17.5. The third kappa shape index (κ3) is 5.00. The van der Waals surface area contributed by atoms with Gasteiger partial charge in [0.2, 0.25) is 5.78 Å². The van der Waals surface area contributed by atoms with Gasteiger partial charge in [0.05, 0.1) is 25.7 Å². The number of anilines is 1. The van der Waals surface area contributed by atoms with Gasteiger partial charge >= 0.3 is 14.5 Å². The number of alkyl halides is 1. The molecule has 2 unspecified atom stereocenters. The molecule has 5 N–H and O–H groups in total. The van der Waals surface area contributed by atoms with Crippen LogP contribution in [0.4, 0.5) is 10.2 Å². The van der Waals surface area contributed by atoms with Crippen LogP contribution in [-0.2, 0) is 43.9 Å². The predicted octanol–water partition coefficient (Wildman–Crippen LogP) is -0.476. The second kappa shape index (κ2) is 10.9. The van der Waals surface area contributed by atoms with E-state index in [1.807, 2.05) is 0 Å². The molecule has 0 aromatic carbocycles. The molecule has 8 rings (SSSR count). The zero-order chi connectivity index (χ0) is 32.0. The number of nitrogens with two attached hydrogens (primary N) is 1. The first-order valence-electron chi connectivity index (χ1n) is 13.4. The Balaban J connectivity index is 1.08. The van der Waals surface area contributed by atoms with E-state index in [1.54, 1.807) is 0 Å². The fourth-order valence-corrected chi connectivity index (χ4v) is 7.97. The Morgan fingerprint density at radius 3 is 2.61 bits per heavy atom. The van der Waals surface area contributed by atoms with Gasteiger partial charge in [-0.3, -0.25) is 22.7 Å². The zero-order valence-corrected chi connectivity index (χ0v) is 25.5. The summed E-state index contributed by atoms with van der Waals surface area (Å²) in [5.74, 6) is 0.249. The van der Waals surface area contributed by atoms with Crippen molar-refractivity contribution in [3.63, 3.8) is 0 Å². The molecule has 0 bridgehead atoms. The number of aliphatic hydroxyl groups excluding tert-OH is 1. The van der Waals surface area contributed by atoms with Crippen LogP contribution in [0.3, 0.4) is 0 Å². The summed E-state index contributed by atoms with van der Waals surface area (Å²) in [5, 5.41) is 15.6. The molecule has 0 radical (unpaired) electrons. The summed E-state index contributed by atoms with van der Waals surface area (Å²) < 4.78 is 66.4. The Kier molecular flexibility index (Phi) is 7.17. The molecule has 0 spiro atoms. The van der Waals surface area contributed by atoms with E-state index in [2.05, 4.69) is 35.0 Å². The van der Waals surface area contributed by atoms with Crippen molar-refractivity contribution in [3.05, 3.63) is 31.5 Å². The lowest BCUT2D eigenvalue weighted by Crippen LogP contribution is -2.38. The SMILES string of the molecule is Nc1ncnc2c1ncn2[C@@H]1O[C@@H]2COP(O)(=S)O[C@H]3[C@@H](O)[C@H](n4cnn5c6cncnc6nc45)O[C@@H]3COP(=O)(O)O[C@H]2[C@H]1F. The number of aromatic nitrogens is 10. The lowest BCUT2D eigenvalue weighted by atomic mass is 10.1. The van der Waals surface area contributed by atoms with E-state index in [0.29, 0.717) is 11.2 Å². The van der Waals surface area contributed by atoms with Gasteiger partial charge in [0.1, 0.15) is 60.5 Å². The number of ether oxygens (including phenoxy) is 2. The molecule has 0 saturated carbocycles. The summed E-state index contributed by atoms with van der Waals surface area (Å²) >= 11 is 5.21. The highest BCUT2D eigenvalue weighted by atomic mass is 32.5. The normalized spacial score (nSPS) is 37.3. The first kappa shape index (κ1) is 30.2. The number of hydrogen-bond donors (Lipinski definition) is 4. The van der Waals surface area contributed by atoms with Gasteiger partial charge in [-0.1, -0.05) is 0 Å². The van der Waals surface area contributed by atoms with Crippen molar-refractivity contribution in [2.75, 3.05) is 18.9 Å². The van der Waals surface area contributed by atoms with Crippen LogP contribution in [0, 0.1) is 0 Å². The Labute approximate surface area is 259 Å². The minimum Gasteiger partial charge on any atom is -0.386 e. The highest BCUT2D eigenvalue weighted by molar-refractivity contribution is 8.07. The van der Waals surface area contributed by atoms with Crippen molar-refractivity contribution in [2.45, 2.75) is 49.1 Å². The Morgan fingerprint density at radius 2 is 1.76 bits per heavy atom. The number of nitrogen functional groups attached to an aromatic ring is 1. The lowest BCUT2D eigenvalue weighted by molar-refractivity contribution is -0.0629. The van der Waals surface area contributed by atoms with Crippen molar-refractivity contribution >= 4 is 60.3 Å². The van der Waals surface area contributed by atoms with E-state index in [4.69, 9.17) is 45.1 Å². The van der Waals surface area contributed by atoms with Crippen molar-refractivity contribution in [1.29, 1.82) is 0 Å². The fourth-order valence-electron chi connectivity index (χ4n) is 5.57. The first-order chi connectivity index (χ1) is 22.0. The number of nitrogens with zero attached hydrogens (tertiary/aromatic N) is 10. The summed E-state index contributed by atoms with van der Waals surface area (Å²) in [4.78, 5) is 46.1. The van der Waals surface area contributed by atoms with Crippen LogP contribution in [0.2, 0.25) is 0 Å². The molecule has 244 valence electrons. The molecule has 5 aromatic rings. The van der Waals surface area contributed by atoms with Crippen molar-refractivity contribution in [3.8, 4) is 0 Å². The van der Waals surface area contributed by atoms with Crippen LogP contribution in [0.5, 0.6) is 0 Å². The Bertz CT molecular complexity index is 2070. The molecule has 3 saturated heterocycles. The molecule has 10 atom stereocenters. The summed E-state index contributed by atoms with van der Waals surface area (Å²) in [6, 6.07) is 0. The molecule has 3 aliphatic rings. The van der Waals surface area contributed by atoms with E-state index in [1.165, 1.54) is 38.8 Å². The number of fused-ring (bicyclic) bond motifs is 6. The van der Waals surface area contributed by atoms with E-state index in [0.717, 1.165) is 6.33 Å². The van der Waals surface area contributed by atoms with Crippen molar-refractivity contribution in [2.24, 2.45) is 0 Å². The largest absolute Gasteiger partial charge is 0.472 e. The van der Waals surface area contributed by atoms with Gasteiger partial charge in [0, 0.05) is 0 Å². The van der Waals surface area contributed by atoms with Crippen LogP contribution in [0.1, 0.15) is 12.5 Å². The Hall–Kier alpha value is -3.18. The molecule has 5 aromatic heterocycles. The second-order valence-electron chi connectivity index (χ2n) is 10.4. The van der Waals surface area contributed by atoms with Gasteiger partial charge in [0.25, 0.3) is 0 Å². The van der Waals surface area contributed by atoms with E-state index in [-0.39, 0.29) is 22.8 Å². The quantitative estimate of drug-likeness (QED) is 0.169. The molecule has 25 heteroatoms. The molecule has 0 aliphatic carbocycles. The summed E-state index contributed by atoms with van der Waals surface area (Å²) in [6.45, 7) is -5.60. The van der Waals surface area contributed by atoms with Gasteiger partial charge in [0.15, 0.2) is 35.7 Å². The number of halogens is 1. The minimum absolute atomic E-state index is 0.0387. The molecular formula is C21H22FN11O10P2S. The molecule has 46 heavy (non-hydrogen) atoms. The monoisotopic (exact) mass is 701 g/mol. The number of phosphoric ester groups is 1. The topological polar surface area (TPSA) is 264 Å². The maximum Gasteiger partial charge on any atom is 0.472 e. The smallest absolute Gasteiger partial charge is 0.386 e. The number of imidazole rings is 2.